The highest BCUT2D eigenvalue weighted by molar-refractivity contribution is 6.31. The van der Waals surface area contributed by atoms with Gasteiger partial charge in [0, 0.05) is 23.7 Å². The predicted molar refractivity (Wildman–Crippen MR) is 105 cm³/mol. The van der Waals surface area contributed by atoms with Gasteiger partial charge in [0.25, 0.3) is 5.91 Å². The van der Waals surface area contributed by atoms with E-state index >= 15 is 0 Å². The van der Waals surface area contributed by atoms with Gasteiger partial charge in [-0.1, -0.05) is 29.3 Å². The fourth-order valence-corrected chi connectivity index (χ4v) is 3.17. The largest absolute Gasteiger partial charge is 0.496 e. The van der Waals surface area contributed by atoms with Crippen LogP contribution in [0, 0.1) is 12.8 Å². The average molecular weight is 402 g/mol. The zero-order valence-corrected chi connectivity index (χ0v) is 16.2. The first-order valence-corrected chi connectivity index (χ1v) is 9.07. The Hall–Kier alpha value is -3.06. The van der Waals surface area contributed by atoms with Crippen molar-refractivity contribution in [2.45, 2.75) is 13.3 Å². The van der Waals surface area contributed by atoms with Crippen molar-refractivity contribution in [3.63, 3.8) is 0 Å². The first-order valence-electron chi connectivity index (χ1n) is 8.70. The first kappa shape index (κ1) is 19.7. The van der Waals surface area contributed by atoms with Crippen LogP contribution in [0.2, 0.25) is 5.02 Å². The number of methoxy groups -OCH3 is 1. The third kappa shape index (κ3) is 4.26. The molecular formula is C20H20ClN3O4. The summed E-state index contributed by atoms with van der Waals surface area (Å²) >= 11 is 5.92. The summed E-state index contributed by atoms with van der Waals surface area (Å²) in [6.45, 7) is 2.22. The van der Waals surface area contributed by atoms with Crippen molar-refractivity contribution in [1.29, 1.82) is 0 Å². The van der Waals surface area contributed by atoms with Crippen molar-refractivity contribution in [2.75, 3.05) is 18.6 Å². The van der Waals surface area contributed by atoms with E-state index in [2.05, 4.69) is 10.9 Å². The van der Waals surface area contributed by atoms with Crippen LogP contribution in [0.5, 0.6) is 5.75 Å². The zero-order valence-electron chi connectivity index (χ0n) is 15.5. The molecule has 0 saturated carbocycles. The van der Waals surface area contributed by atoms with Gasteiger partial charge < -0.3 is 9.64 Å². The maximum Gasteiger partial charge on any atom is 0.273 e. The van der Waals surface area contributed by atoms with Gasteiger partial charge in [-0.25, -0.2) is 0 Å². The number of carbonyl (C=O) groups excluding carboxylic acids is 3. The number of hydrogen-bond donors (Lipinski definition) is 2. The monoisotopic (exact) mass is 401 g/mol. The van der Waals surface area contributed by atoms with Gasteiger partial charge in [-0.15, -0.1) is 0 Å². The molecular weight excluding hydrogens is 382 g/mol. The molecule has 1 aliphatic heterocycles. The molecule has 2 aromatic carbocycles. The second-order valence-corrected chi connectivity index (χ2v) is 6.97. The summed E-state index contributed by atoms with van der Waals surface area (Å²) in [5.74, 6) is -1.36. The SMILES string of the molecule is COc1ccc(Cl)cc1C(=O)NNC(=O)[C@@H]1CC(=O)N(c2ccc(C)cc2)C1. The molecule has 2 N–H and O–H groups in total. The number of ether oxygens (including phenoxy) is 1. The fourth-order valence-electron chi connectivity index (χ4n) is 3.00. The van der Waals surface area contributed by atoms with Crippen LogP contribution in [0.3, 0.4) is 0 Å². The molecule has 8 heteroatoms. The number of nitrogens with one attached hydrogen (secondary N) is 2. The number of carbonyl (C=O) groups is 3. The van der Waals surface area contributed by atoms with Crippen molar-refractivity contribution in [1.82, 2.24) is 10.9 Å². The highest BCUT2D eigenvalue weighted by atomic mass is 35.5. The van der Waals surface area contributed by atoms with Crippen LogP contribution in [0.4, 0.5) is 5.69 Å². The van der Waals surface area contributed by atoms with Crippen molar-refractivity contribution in [3.05, 3.63) is 58.6 Å². The van der Waals surface area contributed by atoms with Crippen LogP contribution in [-0.4, -0.2) is 31.4 Å². The number of rotatable bonds is 4. The Morgan fingerprint density at radius 3 is 2.54 bits per heavy atom. The maximum absolute atomic E-state index is 12.4. The third-order valence-electron chi connectivity index (χ3n) is 4.55. The number of amides is 3. The molecule has 0 aromatic heterocycles. The molecule has 28 heavy (non-hydrogen) atoms. The fraction of sp³-hybridized carbons (Fsp3) is 0.250. The van der Waals surface area contributed by atoms with Crippen LogP contribution in [0.25, 0.3) is 0 Å². The highest BCUT2D eigenvalue weighted by Gasteiger charge is 2.35. The minimum absolute atomic E-state index is 0.0794. The summed E-state index contributed by atoms with van der Waals surface area (Å²) in [5.41, 5.74) is 6.76. The minimum Gasteiger partial charge on any atom is -0.496 e. The maximum atomic E-state index is 12.4. The lowest BCUT2D eigenvalue weighted by Gasteiger charge is -2.17. The van der Waals surface area contributed by atoms with Gasteiger partial charge in [0.2, 0.25) is 11.8 Å². The molecule has 0 bridgehead atoms. The molecule has 0 unspecified atom stereocenters. The lowest BCUT2D eigenvalue weighted by atomic mass is 10.1. The van der Waals surface area contributed by atoms with Gasteiger partial charge in [0.1, 0.15) is 5.75 Å². The van der Waals surface area contributed by atoms with E-state index in [1.165, 1.54) is 13.2 Å². The highest BCUT2D eigenvalue weighted by Crippen LogP contribution is 2.25. The smallest absolute Gasteiger partial charge is 0.273 e. The average Bonchev–Trinajstić information content (AvgIpc) is 3.08. The molecule has 3 amide bonds. The number of anilines is 1. The van der Waals surface area contributed by atoms with Crippen molar-refractivity contribution < 1.29 is 19.1 Å². The quantitative estimate of drug-likeness (QED) is 0.770. The summed E-state index contributed by atoms with van der Waals surface area (Å²) in [4.78, 5) is 38.6. The summed E-state index contributed by atoms with van der Waals surface area (Å²) in [6.07, 6.45) is 0.0794. The van der Waals surface area contributed by atoms with Crippen molar-refractivity contribution in [3.8, 4) is 5.75 Å². The number of aryl methyl sites for hydroxylation is 1. The number of halogens is 1. The lowest BCUT2D eigenvalue weighted by molar-refractivity contribution is -0.126. The van der Waals surface area contributed by atoms with Gasteiger partial charge in [0.15, 0.2) is 0 Å². The van der Waals surface area contributed by atoms with Crippen molar-refractivity contribution in [2.24, 2.45) is 5.92 Å². The predicted octanol–water partition coefficient (Wildman–Crippen LogP) is 2.47. The van der Waals surface area contributed by atoms with Gasteiger partial charge in [-0.2, -0.15) is 0 Å². The molecule has 0 spiro atoms. The Morgan fingerprint density at radius 1 is 1.14 bits per heavy atom. The standard InChI is InChI=1S/C20H20ClN3O4/c1-12-3-6-15(7-4-12)24-11-13(9-18(24)25)19(26)22-23-20(27)16-10-14(21)5-8-17(16)28-2/h3-8,10,13H,9,11H2,1-2H3,(H,22,26)(H,23,27)/t13-/m1/s1. The van der Waals surface area contributed by atoms with E-state index in [4.69, 9.17) is 16.3 Å². The van der Waals surface area contributed by atoms with E-state index in [0.717, 1.165) is 11.3 Å². The van der Waals surface area contributed by atoms with Crippen LogP contribution in [0.1, 0.15) is 22.3 Å². The van der Waals surface area contributed by atoms with Gasteiger partial charge >= 0.3 is 0 Å². The molecule has 1 atom stereocenters. The van der Waals surface area contributed by atoms with Crippen LogP contribution in [-0.2, 0) is 9.59 Å². The van der Waals surface area contributed by atoms with E-state index in [1.54, 1.807) is 17.0 Å². The van der Waals surface area contributed by atoms with Crippen LogP contribution < -0.4 is 20.5 Å². The Labute approximate surface area is 167 Å². The van der Waals surface area contributed by atoms with E-state index in [0.29, 0.717) is 10.8 Å². The Morgan fingerprint density at radius 2 is 1.86 bits per heavy atom. The summed E-state index contributed by atoms with van der Waals surface area (Å²) in [7, 11) is 1.43. The van der Waals surface area contributed by atoms with E-state index < -0.39 is 17.7 Å². The number of benzene rings is 2. The molecule has 3 rings (SSSR count). The van der Waals surface area contributed by atoms with Crippen molar-refractivity contribution >= 4 is 35.0 Å². The first-order chi connectivity index (χ1) is 13.4. The number of hydrazine groups is 1. The summed E-state index contributed by atoms with van der Waals surface area (Å²) in [6, 6.07) is 12.1. The molecule has 0 aliphatic carbocycles. The van der Waals surface area contributed by atoms with E-state index in [1.807, 2.05) is 31.2 Å². The lowest BCUT2D eigenvalue weighted by Crippen LogP contribution is -2.45. The second kappa shape index (κ2) is 8.31. The van der Waals surface area contributed by atoms with E-state index in [-0.39, 0.29) is 24.4 Å². The zero-order chi connectivity index (χ0) is 20.3. The van der Waals surface area contributed by atoms with Gasteiger partial charge in [-0.05, 0) is 37.3 Å². The van der Waals surface area contributed by atoms with Crippen LogP contribution in [0.15, 0.2) is 42.5 Å². The third-order valence-corrected chi connectivity index (χ3v) is 4.78. The topological polar surface area (TPSA) is 87.7 Å². The Kier molecular flexibility index (Phi) is 5.84. The van der Waals surface area contributed by atoms with Gasteiger partial charge in [-0.3, -0.25) is 25.2 Å². The molecule has 1 saturated heterocycles. The van der Waals surface area contributed by atoms with E-state index in [9.17, 15) is 14.4 Å². The molecule has 1 heterocycles. The summed E-state index contributed by atoms with van der Waals surface area (Å²) < 4.78 is 5.13. The molecule has 7 nitrogen and oxygen atoms in total. The number of hydrogen-bond acceptors (Lipinski definition) is 4. The Balaban J connectivity index is 1.61. The molecule has 1 aliphatic rings. The molecule has 2 aromatic rings. The molecule has 146 valence electrons. The van der Waals surface area contributed by atoms with Gasteiger partial charge in [0.05, 0.1) is 18.6 Å². The minimum atomic E-state index is -0.563. The molecule has 0 radical (unpaired) electrons. The Bertz CT molecular complexity index is 914. The summed E-state index contributed by atoms with van der Waals surface area (Å²) in [5, 5.41) is 0.368. The molecule has 1 fully saturated rings. The number of nitrogens with zero attached hydrogens (tertiary/aromatic N) is 1. The van der Waals surface area contributed by atoms with Crippen LogP contribution >= 0.6 is 11.6 Å². The normalized spacial score (nSPS) is 16.0. The second-order valence-electron chi connectivity index (χ2n) is 6.53.